The van der Waals surface area contributed by atoms with Crippen molar-refractivity contribution in [3.8, 4) is 0 Å². The molecule has 0 bridgehead atoms. The van der Waals surface area contributed by atoms with Gasteiger partial charge in [0.1, 0.15) is 11.8 Å². The summed E-state index contributed by atoms with van der Waals surface area (Å²) in [6.45, 7) is 0.949. The second kappa shape index (κ2) is 4.57. The molecule has 3 aromatic rings. The average molecular weight is 274 g/mol. The first kappa shape index (κ1) is 12.0. The number of nitrogen functional groups attached to an aromatic ring is 1. The van der Waals surface area contributed by atoms with Gasteiger partial charge in [0.25, 0.3) is 0 Å². The van der Waals surface area contributed by atoms with Crippen LogP contribution in [0, 0.1) is 0 Å². The van der Waals surface area contributed by atoms with E-state index in [9.17, 15) is 4.79 Å². The van der Waals surface area contributed by atoms with Gasteiger partial charge in [0.15, 0.2) is 17.2 Å². The van der Waals surface area contributed by atoms with Gasteiger partial charge in [0.2, 0.25) is 0 Å². The average Bonchev–Trinajstić information content (AvgIpc) is 3.03. The summed E-state index contributed by atoms with van der Waals surface area (Å²) in [6.07, 6.45) is 4.34. The highest BCUT2D eigenvalue weighted by atomic mass is 16.4. The van der Waals surface area contributed by atoms with Gasteiger partial charge in [-0.2, -0.15) is 0 Å². The molecule has 3 heterocycles. The SMILES string of the molecule is Nc1ncnc2c1ncn2CCn1cc(C(=O)O)nn1. The highest BCUT2D eigenvalue weighted by Crippen LogP contribution is 2.13. The fraction of sp³-hybridized carbons (Fsp3) is 0.200. The number of aromatic nitrogens is 7. The zero-order chi connectivity index (χ0) is 14.1. The van der Waals surface area contributed by atoms with Crippen molar-refractivity contribution in [3.63, 3.8) is 0 Å². The van der Waals surface area contributed by atoms with Crippen LogP contribution < -0.4 is 5.73 Å². The predicted octanol–water partition coefficient (Wildman–Crippen LogP) is -0.602. The molecule has 0 unspecified atom stereocenters. The van der Waals surface area contributed by atoms with E-state index in [1.807, 2.05) is 0 Å². The van der Waals surface area contributed by atoms with Gasteiger partial charge in [0, 0.05) is 6.54 Å². The molecule has 0 radical (unpaired) electrons. The number of aryl methyl sites for hydroxylation is 2. The predicted molar refractivity (Wildman–Crippen MR) is 66.7 cm³/mol. The van der Waals surface area contributed by atoms with Crippen molar-refractivity contribution in [1.29, 1.82) is 0 Å². The Morgan fingerprint density at radius 2 is 2.15 bits per heavy atom. The minimum absolute atomic E-state index is 0.0907. The third-order valence-electron chi connectivity index (χ3n) is 2.76. The number of nitrogens with zero attached hydrogens (tertiary/aromatic N) is 7. The number of rotatable bonds is 4. The lowest BCUT2D eigenvalue weighted by Gasteiger charge is -2.03. The molecule has 3 rings (SSSR count). The van der Waals surface area contributed by atoms with Crippen LogP contribution in [0.1, 0.15) is 10.5 Å². The Bertz CT molecular complexity index is 777. The monoisotopic (exact) mass is 274 g/mol. The summed E-state index contributed by atoms with van der Waals surface area (Å²) >= 11 is 0. The van der Waals surface area contributed by atoms with Gasteiger partial charge in [-0.25, -0.2) is 24.4 Å². The number of carboxylic acid groups (broad SMARTS) is 1. The largest absolute Gasteiger partial charge is 0.476 e. The molecule has 0 saturated carbocycles. The van der Waals surface area contributed by atoms with Crippen LogP contribution in [0.4, 0.5) is 5.82 Å². The van der Waals surface area contributed by atoms with Crippen LogP contribution in [0.3, 0.4) is 0 Å². The smallest absolute Gasteiger partial charge is 0.358 e. The molecule has 102 valence electrons. The molecule has 0 aromatic carbocycles. The summed E-state index contributed by atoms with van der Waals surface area (Å²) < 4.78 is 3.23. The van der Waals surface area contributed by atoms with Crippen LogP contribution in [-0.4, -0.2) is 45.6 Å². The fourth-order valence-corrected chi connectivity index (χ4v) is 1.78. The van der Waals surface area contributed by atoms with Gasteiger partial charge >= 0.3 is 5.97 Å². The number of hydrogen-bond donors (Lipinski definition) is 2. The Balaban J connectivity index is 1.79. The number of anilines is 1. The van der Waals surface area contributed by atoms with E-state index in [1.54, 1.807) is 10.9 Å². The molecule has 0 fully saturated rings. The number of aromatic carboxylic acids is 1. The maximum Gasteiger partial charge on any atom is 0.358 e. The second-order valence-corrected chi connectivity index (χ2v) is 4.04. The van der Waals surface area contributed by atoms with E-state index in [-0.39, 0.29) is 5.69 Å². The van der Waals surface area contributed by atoms with Crippen LogP contribution in [0.25, 0.3) is 11.2 Å². The number of carboxylic acids is 1. The van der Waals surface area contributed by atoms with Crippen LogP contribution in [-0.2, 0) is 13.1 Å². The number of hydrogen-bond acceptors (Lipinski definition) is 7. The summed E-state index contributed by atoms with van der Waals surface area (Å²) in [7, 11) is 0. The molecule has 3 aromatic heterocycles. The first-order valence-corrected chi connectivity index (χ1v) is 5.70. The molecule has 0 amide bonds. The lowest BCUT2D eigenvalue weighted by atomic mass is 10.5. The van der Waals surface area contributed by atoms with Crippen LogP contribution >= 0.6 is 0 Å². The van der Waals surface area contributed by atoms with Crippen molar-refractivity contribution in [3.05, 3.63) is 24.5 Å². The molecule has 0 aliphatic carbocycles. The Hall–Kier alpha value is -3.04. The highest BCUT2D eigenvalue weighted by Gasteiger charge is 2.10. The van der Waals surface area contributed by atoms with Crippen LogP contribution in [0.2, 0.25) is 0 Å². The van der Waals surface area contributed by atoms with Crippen LogP contribution in [0.5, 0.6) is 0 Å². The Morgan fingerprint density at radius 1 is 1.30 bits per heavy atom. The normalized spacial score (nSPS) is 11.0. The summed E-state index contributed by atoms with van der Waals surface area (Å²) in [4.78, 5) is 22.8. The van der Waals surface area contributed by atoms with E-state index >= 15 is 0 Å². The third kappa shape index (κ3) is 2.02. The van der Waals surface area contributed by atoms with E-state index in [0.29, 0.717) is 30.1 Å². The molecule has 3 N–H and O–H groups in total. The van der Waals surface area contributed by atoms with Crippen molar-refractivity contribution in [2.24, 2.45) is 0 Å². The number of fused-ring (bicyclic) bond motifs is 1. The van der Waals surface area contributed by atoms with Gasteiger partial charge < -0.3 is 15.4 Å². The molecule has 0 aliphatic heterocycles. The summed E-state index contributed by atoms with van der Waals surface area (Å²) in [6, 6.07) is 0. The zero-order valence-corrected chi connectivity index (χ0v) is 10.2. The van der Waals surface area contributed by atoms with Crippen molar-refractivity contribution in [1.82, 2.24) is 34.5 Å². The molecule has 10 nitrogen and oxygen atoms in total. The molecule has 0 atom stereocenters. The first-order valence-electron chi connectivity index (χ1n) is 5.70. The van der Waals surface area contributed by atoms with E-state index in [4.69, 9.17) is 10.8 Å². The second-order valence-electron chi connectivity index (χ2n) is 4.04. The molecular weight excluding hydrogens is 264 g/mol. The zero-order valence-electron chi connectivity index (χ0n) is 10.2. The minimum Gasteiger partial charge on any atom is -0.476 e. The van der Waals surface area contributed by atoms with Gasteiger partial charge in [-0.15, -0.1) is 5.10 Å². The van der Waals surface area contributed by atoms with Crippen molar-refractivity contribution in [2.75, 3.05) is 5.73 Å². The third-order valence-corrected chi connectivity index (χ3v) is 2.76. The lowest BCUT2D eigenvalue weighted by Crippen LogP contribution is -2.08. The maximum absolute atomic E-state index is 10.7. The standard InChI is InChI=1S/C10H10N8O2/c11-8-7-9(13-4-12-8)17(5-14-7)1-2-18-3-6(10(19)20)15-16-18/h3-5H,1-2H2,(H,19,20)(H2,11,12,13). The molecule has 0 aliphatic rings. The highest BCUT2D eigenvalue weighted by molar-refractivity contribution is 5.84. The summed E-state index contributed by atoms with van der Waals surface area (Å²) in [5.41, 5.74) is 6.76. The van der Waals surface area contributed by atoms with Crippen molar-refractivity contribution in [2.45, 2.75) is 13.1 Å². The molecule has 10 heteroatoms. The summed E-state index contributed by atoms with van der Waals surface area (Å²) in [5.74, 6) is -0.785. The number of imidazole rings is 1. The summed E-state index contributed by atoms with van der Waals surface area (Å²) in [5, 5.41) is 16.0. The van der Waals surface area contributed by atoms with Gasteiger partial charge in [-0.3, -0.25) is 0 Å². The van der Waals surface area contributed by atoms with Gasteiger partial charge in [-0.1, -0.05) is 5.21 Å². The van der Waals surface area contributed by atoms with Crippen molar-refractivity contribution >= 4 is 23.0 Å². The molecule has 0 saturated heterocycles. The fourth-order valence-electron chi connectivity index (χ4n) is 1.78. The minimum atomic E-state index is -1.11. The van der Waals surface area contributed by atoms with Crippen molar-refractivity contribution < 1.29 is 9.90 Å². The van der Waals surface area contributed by atoms with Gasteiger partial charge in [-0.05, 0) is 0 Å². The van der Waals surface area contributed by atoms with E-state index < -0.39 is 5.97 Å². The van der Waals surface area contributed by atoms with Gasteiger partial charge in [0.05, 0.1) is 19.1 Å². The lowest BCUT2D eigenvalue weighted by molar-refractivity contribution is 0.0690. The van der Waals surface area contributed by atoms with Crippen LogP contribution in [0.15, 0.2) is 18.9 Å². The maximum atomic E-state index is 10.7. The number of carbonyl (C=O) groups is 1. The molecule has 20 heavy (non-hydrogen) atoms. The van der Waals surface area contributed by atoms with E-state index in [1.165, 1.54) is 17.2 Å². The topological polar surface area (TPSA) is 138 Å². The van der Waals surface area contributed by atoms with E-state index in [0.717, 1.165) is 0 Å². The molecular formula is C10H10N8O2. The Morgan fingerprint density at radius 3 is 2.90 bits per heavy atom. The number of nitrogens with two attached hydrogens (primary N) is 1. The quantitative estimate of drug-likeness (QED) is 0.643. The first-order chi connectivity index (χ1) is 9.65. The Labute approximate surface area is 111 Å². The Kier molecular flexibility index (Phi) is 2.75. The molecule has 0 spiro atoms. The van der Waals surface area contributed by atoms with E-state index in [2.05, 4.69) is 25.3 Å².